The molecule has 1 heterocycles. The van der Waals surface area contributed by atoms with Crippen molar-refractivity contribution in [1.29, 1.82) is 0 Å². The summed E-state index contributed by atoms with van der Waals surface area (Å²) in [5.74, 6) is 0.184. The van der Waals surface area contributed by atoms with E-state index in [-0.39, 0.29) is 10.7 Å². The molecule has 0 radical (unpaired) electrons. The highest BCUT2D eigenvalue weighted by Crippen LogP contribution is 2.09. The first-order valence-electron chi connectivity index (χ1n) is 2.76. The van der Waals surface area contributed by atoms with Gasteiger partial charge in [0.25, 0.3) is 0 Å². The fourth-order valence-corrected chi connectivity index (χ4v) is 2.07. The van der Waals surface area contributed by atoms with Crippen LogP contribution in [0.15, 0.2) is 4.36 Å². The number of carbonyl (C=O) groups is 1. The third kappa shape index (κ3) is 1.51. The van der Waals surface area contributed by atoms with E-state index in [0.29, 0.717) is 0 Å². The molecule has 0 saturated carbocycles. The van der Waals surface area contributed by atoms with Crippen molar-refractivity contribution < 1.29 is 9.90 Å². The number of hydrogen-bond donors (Lipinski definition) is 1. The van der Waals surface area contributed by atoms with Crippen molar-refractivity contribution in [2.45, 2.75) is 12.5 Å². The monoisotopic (exact) mass is 147 g/mol. The minimum absolute atomic E-state index is 0.0207. The van der Waals surface area contributed by atoms with E-state index in [9.17, 15) is 4.79 Å². The molecule has 0 aromatic rings. The normalized spacial score (nSPS) is 33.9. The highest BCUT2D eigenvalue weighted by atomic mass is 32.2. The van der Waals surface area contributed by atoms with Gasteiger partial charge in [-0.25, -0.2) is 9.16 Å². The van der Waals surface area contributed by atoms with Crippen LogP contribution in [0.1, 0.15) is 6.42 Å². The minimum Gasteiger partial charge on any atom is -0.480 e. The van der Waals surface area contributed by atoms with E-state index in [4.69, 9.17) is 5.11 Å². The maximum absolute atomic E-state index is 10.3. The van der Waals surface area contributed by atoms with Crippen molar-refractivity contribution in [1.82, 2.24) is 0 Å². The molecule has 2 atom stereocenters. The van der Waals surface area contributed by atoms with E-state index in [2.05, 4.69) is 4.36 Å². The lowest BCUT2D eigenvalue weighted by Crippen LogP contribution is -2.14. The minimum atomic E-state index is -0.771. The van der Waals surface area contributed by atoms with Crippen LogP contribution >= 0.6 is 0 Å². The molecule has 0 amide bonds. The van der Waals surface area contributed by atoms with Crippen molar-refractivity contribution in [3.8, 4) is 0 Å². The second-order valence-electron chi connectivity index (χ2n) is 2.05. The summed E-state index contributed by atoms with van der Waals surface area (Å²) in [4.78, 5) is 10.3. The molecule has 0 aromatic heterocycles. The molecule has 0 bridgehead atoms. The Hall–Kier alpha value is -0.380. The van der Waals surface area contributed by atoms with Crippen LogP contribution < -0.4 is 0 Å². The third-order valence-electron chi connectivity index (χ3n) is 1.28. The highest BCUT2D eigenvalue weighted by Gasteiger charge is 2.20. The third-order valence-corrected chi connectivity index (χ3v) is 2.72. The van der Waals surface area contributed by atoms with Crippen LogP contribution in [0.3, 0.4) is 0 Å². The zero-order chi connectivity index (χ0) is 6.85. The zero-order valence-corrected chi connectivity index (χ0v) is 6.02. The molecule has 0 aliphatic carbocycles. The Balaban J connectivity index is 2.57. The molecule has 9 heavy (non-hydrogen) atoms. The fraction of sp³-hybridized carbons (Fsp3) is 0.800. The topological polar surface area (TPSA) is 49.7 Å². The summed E-state index contributed by atoms with van der Waals surface area (Å²) in [6.07, 6.45) is 2.71. The lowest BCUT2D eigenvalue weighted by molar-refractivity contribution is -0.138. The number of rotatable bonds is 1. The van der Waals surface area contributed by atoms with Gasteiger partial charge in [-0.2, -0.15) is 0 Å². The second kappa shape index (κ2) is 2.47. The second-order valence-corrected chi connectivity index (χ2v) is 3.87. The van der Waals surface area contributed by atoms with Crippen LogP contribution in [0, 0.1) is 0 Å². The van der Waals surface area contributed by atoms with Crippen molar-refractivity contribution in [3.63, 3.8) is 0 Å². The Morgan fingerprint density at radius 2 is 2.56 bits per heavy atom. The summed E-state index contributed by atoms with van der Waals surface area (Å²) >= 11 is 0. The van der Waals surface area contributed by atoms with E-state index in [1.165, 1.54) is 0 Å². The molecule has 52 valence electrons. The van der Waals surface area contributed by atoms with Gasteiger partial charge in [0.2, 0.25) is 0 Å². The number of hydrogen-bond acceptors (Lipinski definition) is 2. The van der Waals surface area contributed by atoms with Crippen LogP contribution in [-0.4, -0.2) is 29.1 Å². The van der Waals surface area contributed by atoms with E-state index >= 15 is 0 Å². The predicted octanol–water partition coefficient (Wildman–Crippen LogP) is 0.275. The van der Waals surface area contributed by atoms with Crippen molar-refractivity contribution in [2.24, 2.45) is 4.36 Å². The van der Waals surface area contributed by atoms with Gasteiger partial charge in [-0.15, -0.1) is 10.7 Å². The van der Waals surface area contributed by atoms with E-state index in [1.807, 2.05) is 6.26 Å². The van der Waals surface area contributed by atoms with Gasteiger partial charge >= 0.3 is 5.97 Å². The molecule has 4 heteroatoms. The van der Waals surface area contributed by atoms with Crippen LogP contribution in [-0.2, 0) is 15.5 Å². The van der Waals surface area contributed by atoms with Gasteiger partial charge in [0.15, 0.2) is 6.04 Å². The van der Waals surface area contributed by atoms with Crippen LogP contribution in [0.2, 0.25) is 0 Å². The largest absolute Gasteiger partial charge is 0.480 e. The van der Waals surface area contributed by atoms with Gasteiger partial charge in [0, 0.05) is 5.75 Å². The van der Waals surface area contributed by atoms with Crippen LogP contribution in [0.25, 0.3) is 0 Å². The first-order chi connectivity index (χ1) is 4.20. The molecule has 0 spiro atoms. The Bertz CT molecular complexity index is 166. The van der Waals surface area contributed by atoms with Gasteiger partial charge in [0.1, 0.15) is 0 Å². The lowest BCUT2D eigenvalue weighted by Gasteiger charge is -1.94. The molecular formula is C5H9NO2S. The summed E-state index contributed by atoms with van der Waals surface area (Å²) in [5, 5.41) is 8.44. The standard InChI is InChI=1S/C5H9NO2S/c1-9-3-2-4(6-9)5(7)8/h4H,2-3H2,1H3,(H,7,8)/t4-,9?/m0/s1. The van der Waals surface area contributed by atoms with Gasteiger partial charge in [-0.3, -0.25) is 0 Å². The zero-order valence-electron chi connectivity index (χ0n) is 5.20. The summed E-state index contributed by atoms with van der Waals surface area (Å²) in [7, 11) is 0.0207. The number of nitrogens with zero attached hydrogens (tertiary/aromatic N) is 1. The predicted molar refractivity (Wildman–Crippen MR) is 36.6 cm³/mol. The summed E-state index contributed by atoms with van der Waals surface area (Å²) < 4.78 is 4.02. The number of carboxylic acids is 1. The Labute approximate surface area is 56.2 Å². The Kier molecular flexibility index (Phi) is 1.85. The Morgan fingerprint density at radius 1 is 1.89 bits per heavy atom. The van der Waals surface area contributed by atoms with Gasteiger partial charge in [0.05, 0.1) is 0 Å². The quantitative estimate of drug-likeness (QED) is 0.579. The maximum atomic E-state index is 10.3. The van der Waals surface area contributed by atoms with Crippen LogP contribution in [0.5, 0.6) is 0 Å². The summed E-state index contributed by atoms with van der Waals surface area (Å²) in [6.45, 7) is 0. The first-order valence-corrected chi connectivity index (χ1v) is 4.52. The first kappa shape index (κ1) is 6.74. The van der Waals surface area contributed by atoms with E-state index in [0.717, 1.165) is 12.2 Å². The highest BCUT2D eigenvalue weighted by molar-refractivity contribution is 7.86. The smallest absolute Gasteiger partial charge is 0.329 e. The molecule has 0 fully saturated rings. The summed E-state index contributed by atoms with van der Waals surface area (Å²) in [6, 6.07) is -0.404. The fourth-order valence-electron chi connectivity index (χ4n) is 0.773. The molecule has 1 aliphatic heterocycles. The van der Waals surface area contributed by atoms with Crippen molar-refractivity contribution in [2.75, 3.05) is 12.0 Å². The van der Waals surface area contributed by atoms with Crippen LogP contribution in [0.4, 0.5) is 0 Å². The van der Waals surface area contributed by atoms with Crippen molar-refractivity contribution in [3.05, 3.63) is 0 Å². The lowest BCUT2D eigenvalue weighted by atomic mass is 10.2. The molecule has 0 aromatic carbocycles. The maximum Gasteiger partial charge on any atom is 0.329 e. The molecule has 1 N–H and O–H groups in total. The van der Waals surface area contributed by atoms with E-state index < -0.39 is 12.0 Å². The SMILES string of the molecule is CS1=N[C@H](C(=O)O)CC1. The average Bonchev–Trinajstić information content (AvgIpc) is 2.14. The van der Waals surface area contributed by atoms with E-state index in [1.54, 1.807) is 0 Å². The summed E-state index contributed by atoms with van der Waals surface area (Å²) in [5.41, 5.74) is 0. The number of aliphatic carboxylic acids is 1. The molecular weight excluding hydrogens is 138 g/mol. The van der Waals surface area contributed by atoms with Gasteiger partial charge in [-0.1, -0.05) is 0 Å². The molecule has 3 nitrogen and oxygen atoms in total. The molecule has 0 saturated heterocycles. The van der Waals surface area contributed by atoms with Crippen molar-refractivity contribution >= 4 is 16.7 Å². The van der Waals surface area contributed by atoms with Gasteiger partial charge < -0.3 is 5.11 Å². The average molecular weight is 147 g/mol. The molecule has 1 rings (SSSR count). The molecule has 1 aliphatic rings. The number of carboxylic acid groups (broad SMARTS) is 1. The van der Waals surface area contributed by atoms with Gasteiger partial charge in [-0.05, 0) is 12.7 Å². The Morgan fingerprint density at radius 3 is 2.78 bits per heavy atom. The molecule has 1 unspecified atom stereocenters.